The topological polar surface area (TPSA) is 58.2 Å². The summed E-state index contributed by atoms with van der Waals surface area (Å²) < 4.78 is 0. The smallest absolute Gasteiger partial charge is 0.268 e. The molecule has 35 heavy (non-hydrogen) atoms. The predicted octanol–water partition coefficient (Wildman–Crippen LogP) is 6.35. The van der Waals surface area contributed by atoms with Gasteiger partial charge in [0.15, 0.2) is 0 Å². The first-order chi connectivity index (χ1) is 16.9. The number of nitrogens with one attached hydrogen (secondary N) is 2. The van der Waals surface area contributed by atoms with Crippen LogP contribution in [0.2, 0.25) is 0 Å². The third-order valence-electron chi connectivity index (χ3n) is 5.75. The predicted molar refractivity (Wildman–Crippen MR) is 143 cm³/mol. The molecule has 4 aromatic rings. The lowest BCUT2D eigenvalue weighted by Crippen LogP contribution is -2.37. The lowest BCUT2D eigenvalue weighted by Gasteiger charge is -2.23. The van der Waals surface area contributed by atoms with Gasteiger partial charge in [0.05, 0.1) is 6.04 Å². The molecular formula is C30H28N2O2S. The van der Waals surface area contributed by atoms with Crippen LogP contribution in [0.1, 0.15) is 49.1 Å². The van der Waals surface area contributed by atoms with Crippen molar-refractivity contribution in [2.24, 2.45) is 0 Å². The molecule has 1 unspecified atom stereocenters. The number of rotatable bonds is 7. The van der Waals surface area contributed by atoms with Crippen molar-refractivity contribution in [3.8, 4) is 0 Å². The fourth-order valence-corrected chi connectivity index (χ4v) is 4.66. The van der Waals surface area contributed by atoms with Gasteiger partial charge >= 0.3 is 0 Å². The van der Waals surface area contributed by atoms with E-state index in [2.05, 4.69) is 29.7 Å². The molecule has 0 spiro atoms. The van der Waals surface area contributed by atoms with Gasteiger partial charge in [-0.25, -0.2) is 0 Å². The number of amides is 2. The zero-order chi connectivity index (χ0) is 24.8. The Morgan fingerprint density at radius 3 is 2.29 bits per heavy atom. The molecule has 0 aliphatic carbocycles. The highest BCUT2D eigenvalue weighted by molar-refractivity contribution is 7.10. The van der Waals surface area contributed by atoms with E-state index in [1.54, 1.807) is 18.2 Å². The maximum atomic E-state index is 13.6. The second-order valence-electron chi connectivity index (χ2n) is 8.57. The Morgan fingerprint density at radius 1 is 0.829 bits per heavy atom. The fraction of sp³-hybridized carbons (Fsp3) is 0.133. The monoisotopic (exact) mass is 480 g/mol. The minimum absolute atomic E-state index is 0.199. The standard InChI is InChI=1S/C30H28N2O2S/c1-20-9-7-12-24(18-20)29(33)31-27(19-25-13-8-16-35-25)30(34)32-28(23-10-5-4-6-11-23)26-15-14-21(2)17-22(26)3/h4-19,28H,1-3H3,(H,31,33)(H,32,34)/b27-19-. The van der Waals surface area contributed by atoms with Crippen LogP contribution in [0.3, 0.4) is 0 Å². The number of thiophene rings is 1. The zero-order valence-electron chi connectivity index (χ0n) is 20.0. The highest BCUT2D eigenvalue weighted by Gasteiger charge is 2.22. The van der Waals surface area contributed by atoms with E-state index in [1.807, 2.05) is 79.9 Å². The highest BCUT2D eigenvalue weighted by Crippen LogP contribution is 2.26. The Balaban J connectivity index is 1.68. The summed E-state index contributed by atoms with van der Waals surface area (Å²) in [6, 6.07) is 26.8. The van der Waals surface area contributed by atoms with Crippen molar-refractivity contribution in [1.82, 2.24) is 10.6 Å². The average molecular weight is 481 g/mol. The number of aryl methyl sites for hydroxylation is 3. The number of carbonyl (C=O) groups excluding carboxylic acids is 2. The van der Waals surface area contributed by atoms with Crippen molar-refractivity contribution < 1.29 is 9.59 Å². The molecule has 0 fully saturated rings. The Labute approximate surface area is 210 Å². The lowest BCUT2D eigenvalue weighted by atomic mass is 9.93. The number of hydrogen-bond donors (Lipinski definition) is 2. The second kappa shape index (κ2) is 11.0. The summed E-state index contributed by atoms with van der Waals surface area (Å²) in [7, 11) is 0. The quantitative estimate of drug-likeness (QED) is 0.303. The molecule has 1 atom stereocenters. The van der Waals surface area contributed by atoms with Gasteiger partial charge in [-0.3, -0.25) is 9.59 Å². The van der Waals surface area contributed by atoms with E-state index in [9.17, 15) is 9.59 Å². The summed E-state index contributed by atoms with van der Waals surface area (Å²) in [5, 5.41) is 7.96. The van der Waals surface area contributed by atoms with E-state index in [0.717, 1.165) is 32.7 Å². The number of benzene rings is 3. The second-order valence-corrected chi connectivity index (χ2v) is 9.55. The molecule has 0 saturated heterocycles. The fourth-order valence-electron chi connectivity index (χ4n) is 4.00. The maximum absolute atomic E-state index is 13.6. The van der Waals surface area contributed by atoms with Crippen LogP contribution in [0.4, 0.5) is 0 Å². The molecule has 5 heteroatoms. The van der Waals surface area contributed by atoms with E-state index in [1.165, 1.54) is 11.3 Å². The van der Waals surface area contributed by atoms with Crippen LogP contribution < -0.4 is 10.6 Å². The van der Waals surface area contributed by atoms with Gasteiger partial charge in [-0.15, -0.1) is 11.3 Å². The minimum Gasteiger partial charge on any atom is -0.340 e. The maximum Gasteiger partial charge on any atom is 0.268 e. The van der Waals surface area contributed by atoms with Gasteiger partial charge in [0, 0.05) is 10.4 Å². The third-order valence-corrected chi connectivity index (χ3v) is 6.57. The van der Waals surface area contributed by atoms with E-state index in [0.29, 0.717) is 5.56 Å². The van der Waals surface area contributed by atoms with Gasteiger partial charge in [0.25, 0.3) is 11.8 Å². The normalized spacial score (nSPS) is 12.1. The molecule has 0 radical (unpaired) electrons. The van der Waals surface area contributed by atoms with Gasteiger partial charge in [-0.1, -0.05) is 77.9 Å². The number of carbonyl (C=O) groups is 2. The molecule has 0 bridgehead atoms. The van der Waals surface area contributed by atoms with Crippen molar-refractivity contribution in [2.75, 3.05) is 0 Å². The van der Waals surface area contributed by atoms with Crippen LogP contribution in [0, 0.1) is 20.8 Å². The van der Waals surface area contributed by atoms with Crippen molar-refractivity contribution in [3.05, 3.63) is 134 Å². The lowest BCUT2D eigenvalue weighted by molar-refractivity contribution is -0.118. The average Bonchev–Trinajstić information content (AvgIpc) is 3.36. The van der Waals surface area contributed by atoms with Gasteiger partial charge in [-0.2, -0.15) is 0 Å². The first kappa shape index (κ1) is 24.2. The molecule has 0 aliphatic rings. The largest absolute Gasteiger partial charge is 0.340 e. The molecule has 2 amide bonds. The molecule has 1 heterocycles. The van der Waals surface area contributed by atoms with Gasteiger partial charge in [-0.05, 0) is 67.1 Å². The Morgan fingerprint density at radius 2 is 1.60 bits per heavy atom. The van der Waals surface area contributed by atoms with Crippen LogP contribution in [0.15, 0.2) is 96.0 Å². The zero-order valence-corrected chi connectivity index (χ0v) is 20.9. The summed E-state index contributed by atoms with van der Waals surface area (Å²) in [4.78, 5) is 27.6. The summed E-state index contributed by atoms with van der Waals surface area (Å²) in [6.07, 6.45) is 1.72. The first-order valence-corrected chi connectivity index (χ1v) is 12.3. The molecule has 2 N–H and O–H groups in total. The van der Waals surface area contributed by atoms with Gasteiger partial charge < -0.3 is 10.6 Å². The molecule has 4 rings (SSSR count). The molecule has 3 aromatic carbocycles. The molecule has 4 nitrogen and oxygen atoms in total. The van der Waals surface area contributed by atoms with Crippen LogP contribution in [0.5, 0.6) is 0 Å². The van der Waals surface area contributed by atoms with Crippen molar-refractivity contribution in [1.29, 1.82) is 0 Å². The molecule has 1 aromatic heterocycles. The molecule has 0 saturated carbocycles. The molecule has 0 aliphatic heterocycles. The first-order valence-electron chi connectivity index (χ1n) is 11.5. The van der Waals surface area contributed by atoms with Gasteiger partial charge in [0.2, 0.25) is 0 Å². The van der Waals surface area contributed by atoms with Crippen LogP contribution in [0.25, 0.3) is 6.08 Å². The summed E-state index contributed by atoms with van der Waals surface area (Å²) >= 11 is 1.50. The van der Waals surface area contributed by atoms with E-state index in [-0.39, 0.29) is 23.6 Å². The van der Waals surface area contributed by atoms with Gasteiger partial charge in [0.1, 0.15) is 5.70 Å². The third kappa shape index (κ3) is 6.14. The number of hydrogen-bond acceptors (Lipinski definition) is 3. The SMILES string of the molecule is Cc1cccc(C(=O)N/C(=C\c2cccs2)C(=O)NC(c2ccccc2)c2ccc(C)cc2C)c1. The van der Waals surface area contributed by atoms with Crippen LogP contribution >= 0.6 is 11.3 Å². The summed E-state index contributed by atoms with van der Waals surface area (Å²) in [5.74, 6) is -0.678. The minimum atomic E-state index is -0.369. The van der Waals surface area contributed by atoms with E-state index in [4.69, 9.17) is 0 Å². The Kier molecular flexibility index (Phi) is 7.58. The van der Waals surface area contributed by atoms with Crippen LogP contribution in [-0.4, -0.2) is 11.8 Å². The van der Waals surface area contributed by atoms with Crippen molar-refractivity contribution in [3.63, 3.8) is 0 Å². The molecule has 176 valence electrons. The van der Waals surface area contributed by atoms with E-state index >= 15 is 0 Å². The van der Waals surface area contributed by atoms with Crippen molar-refractivity contribution in [2.45, 2.75) is 26.8 Å². The highest BCUT2D eigenvalue weighted by atomic mass is 32.1. The summed E-state index contributed by atoms with van der Waals surface area (Å²) in [6.45, 7) is 6.03. The Bertz CT molecular complexity index is 1360. The molecular weight excluding hydrogens is 452 g/mol. The van der Waals surface area contributed by atoms with Crippen molar-refractivity contribution >= 4 is 29.2 Å². The van der Waals surface area contributed by atoms with Crippen LogP contribution in [-0.2, 0) is 4.79 Å². The summed E-state index contributed by atoms with van der Waals surface area (Å²) in [5.41, 5.74) is 5.90. The van der Waals surface area contributed by atoms with E-state index < -0.39 is 0 Å². The Hall–Kier alpha value is -3.96.